The molecule has 17 heavy (non-hydrogen) atoms. The van der Waals surface area contributed by atoms with E-state index in [4.69, 9.17) is 0 Å². The van der Waals surface area contributed by atoms with Crippen LogP contribution in [0.4, 0.5) is 10.5 Å². The number of benzene rings is 1. The molecule has 3 nitrogen and oxygen atoms in total. The maximum Gasteiger partial charge on any atom is 0.321 e. The van der Waals surface area contributed by atoms with E-state index in [1.54, 1.807) is 0 Å². The van der Waals surface area contributed by atoms with Crippen molar-refractivity contribution >= 4 is 43.6 Å². The second kappa shape index (κ2) is 5.87. The lowest BCUT2D eigenvalue weighted by molar-refractivity contribution is 0.200. The topological polar surface area (TPSA) is 32.3 Å². The zero-order valence-corrected chi connectivity index (χ0v) is 12.6. The number of piperidine rings is 1. The molecule has 0 aromatic heterocycles. The first-order valence-electron chi connectivity index (χ1n) is 5.68. The summed E-state index contributed by atoms with van der Waals surface area (Å²) in [5.74, 6) is 0. The Bertz CT molecular complexity index is 417. The fourth-order valence-electron chi connectivity index (χ4n) is 1.88. The molecule has 0 saturated carbocycles. The Hall–Kier alpha value is -0.550. The molecule has 2 rings (SSSR count). The zero-order valence-electron chi connectivity index (χ0n) is 9.38. The minimum absolute atomic E-state index is 0.0106. The molecular formula is C12H14Br2N2O. The van der Waals surface area contributed by atoms with Gasteiger partial charge >= 0.3 is 6.03 Å². The van der Waals surface area contributed by atoms with Crippen LogP contribution in [0.2, 0.25) is 0 Å². The smallest absolute Gasteiger partial charge is 0.321 e. The third-order valence-corrected chi connectivity index (χ3v) is 4.00. The van der Waals surface area contributed by atoms with Crippen LogP contribution in [0.5, 0.6) is 0 Å². The van der Waals surface area contributed by atoms with Crippen molar-refractivity contribution in [1.82, 2.24) is 4.90 Å². The Kier molecular flexibility index (Phi) is 4.45. The number of urea groups is 1. The van der Waals surface area contributed by atoms with E-state index in [0.29, 0.717) is 0 Å². The number of carbonyl (C=O) groups excluding carboxylic acids is 1. The Morgan fingerprint density at radius 1 is 1.18 bits per heavy atom. The number of likely N-dealkylation sites (tertiary alicyclic amines) is 1. The highest BCUT2D eigenvalue weighted by Crippen LogP contribution is 2.26. The quantitative estimate of drug-likeness (QED) is 0.797. The molecule has 0 spiro atoms. The number of hydrogen-bond acceptors (Lipinski definition) is 1. The molecule has 1 aromatic carbocycles. The molecule has 1 saturated heterocycles. The van der Waals surface area contributed by atoms with Gasteiger partial charge in [-0.05, 0) is 53.4 Å². The summed E-state index contributed by atoms with van der Waals surface area (Å²) in [4.78, 5) is 13.9. The summed E-state index contributed by atoms with van der Waals surface area (Å²) < 4.78 is 1.85. The molecule has 0 atom stereocenters. The third kappa shape index (κ3) is 3.45. The average molecular weight is 362 g/mol. The maximum absolute atomic E-state index is 12.0. The van der Waals surface area contributed by atoms with E-state index in [9.17, 15) is 4.79 Å². The maximum atomic E-state index is 12.0. The Labute approximate surface area is 118 Å². The van der Waals surface area contributed by atoms with Crippen molar-refractivity contribution in [2.24, 2.45) is 0 Å². The van der Waals surface area contributed by atoms with E-state index < -0.39 is 0 Å². The van der Waals surface area contributed by atoms with Gasteiger partial charge in [0, 0.05) is 22.0 Å². The Morgan fingerprint density at radius 3 is 2.59 bits per heavy atom. The van der Waals surface area contributed by atoms with Gasteiger partial charge in [0.2, 0.25) is 0 Å². The predicted octanol–water partition coefficient (Wildman–Crippen LogP) is 4.23. The summed E-state index contributed by atoms with van der Waals surface area (Å²) in [7, 11) is 0. The summed E-state index contributed by atoms with van der Waals surface area (Å²) in [5, 5.41) is 2.93. The van der Waals surface area contributed by atoms with Gasteiger partial charge in [-0.1, -0.05) is 15.9 Å². The van der Waals surface area contributed by atoms with Crippen LogP contribution >= 0.6 is 31.9 Å². The molecule has 0 bridgehead atoms. The highest BCUT2D eigenvalue weighted by Gasteiger charge is 2.17. The molecule has 0 aliphatic carbocycles. The minimum atomic E-state index is -0.0106. The molecular weight excluding hydrogens is 348 g/mol. The number of hydrogen-bond donors (Lipinski definition) is 1. The van der Waals surface area contributed by atoms with Gasteiger partial charge in [0.05, 0.1) is 5.69 Å². The van der Waals surface area contributed by atoms with E-state index >= 15 is 0 Å². The van der Waals surface area contributed by atoms with Gasteiger partial charge in [0.25, 0.3) is 0 Å². The number of anilines is 1. The first kappa shape index (κ1) is 12.9. The Morgan fingerprint density at radius 2 is 1.88 bits per heavy atom. The molecule has 1 aliphatic heterocycles. The second-order valence-corrected chi connectivity index (χ2v) is 5.87. The summed E-state index contributed by atoms with van der Waals surface area (Å²) in [6.45, 7) is 1.72. The summed E-state index contributed by atoms with van der Waals surface area (Å²) in [6.07, 6.45) is 3.44. The number of carbonyl (C=O) groups is 1. The van der Waals surface area contributed by atoms with Crippen LogP contribution < -0.4 is 5.32 Å². The number of halogens is 2. The van der Waals surface area contributed by atoms with E-state index in [1.165, 1.54) is 6.42 Å². The summed E-state index contributed by atoms with van der Waals surface area (Å²) in [6, 6.07) is 5.73. The number of amides is 2. The van der Waals surface area contributed by atoms with Gasteiger partial charge in [-0.2, -0.15) is 0 Å². The molecule has 2 amide bonds. The molecule has 1 N–H and O–H groups in total. The molecule has 1 heterocycles. The first-order valence-corrected chi connectivity index (χ1v) is 7.26. The molecule has 92 valence electrons. The minimum Gasteiger partial charge on any atom is -0.325 e. The average Bonchev–Trinajstić information content (AvgIpc) is 2.35. The number of nitrogens with zero attached hydrogens (tertiary/aromatic N) is 1. The lowest BCUT2D eigenvalue weighted by atomic mass is 10.1. The monoisotopic (exact) mass is 360 g/mol. The predicted molar refractivity (Wildman–Crippen MR) is 76.3 cm³/mol. The van der Waals surface area contributed by atoms with Gasteiger partial charge in [-0.3, -0.25) is 0 Å². The number of rotatable bonds is 1. The molecule has 1 aromatic rings. The first-order chi connectivity index (χ1) is 8.16. The largest absolute Gasteiger partial charge is 0.325 e. The van der Waals surface area contributed by atoms with Gasteiger partial charge in [-0.15, -0.1) is 0 Å². The summed E-state index contributed by atoms with van der Waals surface area (Å²) in [5.41, 5.74) is 0.801. The second-order valence-electron chi connectivity index (χ2n) is 4.10. The van der Waals surface area contributed by atoms with Crippen molar-refractivity contribution in [3.05, 3.63) is 27.1 Å². The standard InChI is InChI=1S/C12H14Br2N2O/c13-9-4-5-10(14)11(8-9)15-12(17)16-6-2-1-3-7-16/h4-5,8H,1-3,6-7H2,(H,15,17). The van der Waals surface area contributed by atoms with Crippen LogP contribution in [-0.2, 0) is 0 Å². The lowest BCUT2D eigenvalue weighted by Crippen LogP contribution is -2.38. The van der Waals surface area contributed by atoms with Crippen molar-refractivity contribution in [3.8, 4) is 0 Å². The zero-order chi connectivity index (χ0) is 12.3. The highest BCUT2D eigenvalue weighted by molar-refractivity contribution is 9.11. The van der Waals surface area contributed by atoms with Gasteiger partial charge in [0.1, 0.15) is 0 Å². The van der Waals surface area contributed by atoms with Gasteiger partial charge in [0.15, 0.2) is 0 Å². The van der Waals surface area contributed by atoms with E-state index in [1.807, 2.05) is 23.1 Å². The summed E-state index contributed by atoms with van der Waals surface area (Å²) >= 11 is 6.83. The van der Waals surface area contributed by atoms with Crippen LogP contribution in [0.25, 0.3) is 0 Å². The van der Waals surface area contributed by atoms with E-state index in [0.717, 1.165) is 40.6 Å². The molecule has 5 heteroatoms. The SMILES string of the molecule is O=C(Nc1cc(Br)ccc1Br)N1CCCCC1. The Balaban J connectivity index is 2.04. The normalized spacial score (nSPS) is 15.8. The molecule has 1 fully saturated rings. The van der Waals surface area contributed by atoms with Crippen molar-refractivity contribution < 1.29 is 4.79 Å². The van der Waals surface area contributed by atoms with Crippen LogP contribution in [0.15, 0.2) is 27.1 Å². The lowest BCUT2D eigenvalue weighted by Gasteiger charge is -2.27. The molecule has 1 aliphatic rings. The highest BCUT2D eigenvalue weighted by atomic mass is 79.9. The van der Waals surface area contributed by atoms with E-state index in [-0.39, 0.29) is 6.03 Å². The fourth-order valence-corrected chi connectivity index (χ4v) is 2.59. The van der Waals surface area contributed by atoms with Crippen LogP contribution in [0.1, 0.15) is 19.3 Å². The fraction of sp³-hybridized carbons (Fsp3) is 0.417. The van der Waals surface area contributed by atoms with Crippen LogP contribution in [0.3, 0.4) is 0 Å². The van der Waals surface area contributed by atoms with Gasteiger partial charge in [-0.25, -0.2) is 4.79 Å². The molecule has 0 unspecified atom stereocenters. The van der Waals surface area contributed by atoms with Crippen molar-refractivity contribution in [3.63, 3.8) is 0 Å². The number of nitrogens with one attached hydrogen (secondary N) is 1. The third-order valence-electron chi connectivity index (χ3n) is 2.81. The van der Waals surface area contributed by atoms with Crippen LogP contribution in [0, 0.1) is 0 Å². The van der Waals surface area contributed by atoms with Gasteiger partial charge < -0.3 is 10.2 Å². The van der Waals surface area contributed by atoms with Crippen molar-refractivity contribution in [2.75, 3.05) is 18.4 Å². The van der Waals surface area contributed by atoms with E-state index in [2.05, 4.69) is 37.2 Å². The van der Waals surface area contributed by atoms with Crippen molar-refractivity contribution in [2.45, 2.75) is 19.3 Å². The van der Waals surface area contributed by atoms with Crippen molar-refractivity contribution in [1.29, 1.82) is 0 Å². The van der Waals surface area contributed by atoms with Crippen LogP contribution in [-0.4, -0.2) is 24.0 Å². The molecule has 0 radical (unpaired) electrons.